The van der Waals surface area contributed by atoms with Crippen molar-refractivity contribution in [2.75, 3.05) is 16.8 Å². The molecular weight excluding hydrogens is 198 g/mol. The van der Waals surface area contributed by atoms with Gasteiger partial charge in [-0.05, 0) is 37.3 Å². The van der Waals surface area contributed by atoms with E-state index in [2.05, 4.69) is 24.4 Å². The summed E-state index contributed by atoms with van der Waals surface area (Å²) in [6.45, 7) is 2.06. The van der Waals surface area contributed by atoms with E-state index in [9.17, 15) is 0 Å². The molecule has 0 radical (unpaired) electrons. The SMILES string of the molecule is Cc1ccc(Nc2ccc(N)cc2N)cc1. The lowest BCUT2D eigenvalue weighted by Crippen LogP contribution is -1.97. The van der Waals surface area contributed by atoms with Gasteiger partial charge in [0.2, 0.25) is 0 Å². The Balaban J connectivity index is 2.23. The maximum Gasteiger partial charge on any atom is 0.0619 e. The highest BCUT2D eigenvalue weighted by atomic mass is 14.9. The van der Waals surface area contributed by atoms with Crippen LogP contribution in [0, 0.1) is 6.92 Å². The van der Waals surface area contributed by atoms with Crippen LogP contribution in [0.2, 0.25) is 0 Å². The van der Waals surface area contributed by atoms with Gasteiger partial charge in [-0.1, -0.05) is 17.7 Å². The van der Waals surface area contributed by atoms with Gasteiger partial charge in [0, 0.05) is 11.4 Å². The highest BCUT2D eigenvalue weighted by Crippen LogP contribution is 2.24. The van der Waals surface area contributed by atoms with E-state index in [-0.39, 0.29) is 0 Å². The van der Waals surface area contributed by atoms with Gasteiger partial charge in [0.15, 0.2) is 0 Å². The van der Waals surface area contributed by atoms with Crippen molar-refractivity contribution in [1.82, 2.24) is 0 Å². The summed E-state index contributed by atoms with van der Waals surface area (Å²) in [7, 11) is 0. The van der Waals surface area contributed by atoms with E-state index >= 15 is 0 Å². The van der Waals surface area contributed by atoms with Gasteiger partial charge < -0.3 is 16.8 Å². The number of hydrogen-bond donors (Lipinski definition) is 3. The van der Waals surface area contributed by atoms with Crippen molar-refractivity contribution in [1.29, 1.82) is 0 Å². The third-order valence-electron chi connectivity index (χ3n) is 2.41. The molecule has 0 amide bonds. The summed E-state index contributed by atoms with van der Waals surface area (Å²) >= 11 is 0. The number of aryl methyl sites for hydroxylation is 1. The number of benzene rings is 2. The molecule has 0 saturated heterocycles. The molecule has 82 valence electrons. The summed E-state index contributed by atoms with van der Waals surface area (Å²) in [6, 6.07) is 13.6. The first kappa shape index (κ1) is 10.4. The summed E-state index contributed by atoms with van der Waals surface area (Å²) in [5, 5.41) is 3.25. The Labute approximate surface area is 95.1 Å². The third-order valence-corrected chi connectivity index (χ3v) is 2.41. The second kappa shape index (κ2) is 4.14. The fourth-order valence-electron chi connectivity index (χ4n) is 1.49. The van der Waals surface area contributed by atoms with Crippen LogP contribution >= 0.6 is 0 Å². The van der Waals surface area contributed by atoms with Gasteiger partial charge >= 0.3 is 0 Å². The summed E-state index contributed by atoms with van der Waals surface area (Å²) in [4.78, 5) is 0. The first-order valence-electron chi connectivity index (χ1n) is 5.14. The molecular formula is C13H15N3. The zero-order valence-electron chi connectivity index (χ0n) is 9.20. The average Bonchev–Trinajstić information content (AvgIpc) is 2.25. The molecule has 0 aromatic heterocycles. The van der Waals surface area contributed by atoms with Crippen molar-refractivity contribution >= 4 is 22.7 Å². The molecule has 0 bridgehead atoms. The molecule has 16 heavy (non-hydrogen) atoms. The van der Waals surface area contributed by atoms with Crippen LogP contribution in [0.3, 0.4) is 0 Å². The number of nitrogen functional groups attached to an aromatic ring is 2. The van der Waals surface area contributed by atoms with Crippen molar-refractivity contribution < 1.29 is 0 Å². The van der Waals surface area contributed by atoms with E-state index in [4.69, 9.17) is 11.5 Å². The number of anilines is 4. The standard InChI is InChI=1S/C13H15N3/c1-9-2-5-11(6-3-9)16-13-7-4-10(14)8-12(13)15/h2-8,16H,14-15H2,1H3. The fraction of sp³-hybridized carbons (Fsp3) is 0.0769. The molecule has 0 aliphatic carbocycles. The van der Waals surface area contributed by atoms with Gasteiger partial charge in [-0.3, -0.25) is 0 Å². The lowest BCUT2D eigenvalue weighted by molar-refractivity contribution is 1.45. The molecule has 0 atom stereocenters. The van der Waals surface area contributed by atoms with Gasteiger partial charge in [-0.25, -0.2) is 0 Å². The molecule has 3 heteroatoms. The maximum atomic E-state index is 5.86. The third kappa shape index (κ3) is 2.25. The molecule has 0 spiro atoms. The second-order valence-electron chi connectivity index (χ2n) is 3.84. The molecule has 2 aromatic carbocycles. The maximum absolute atomic E-state index is 5.86. The smallest absolute Gasteiger partial charge is 0.0619 e. The van der Waals surface area contributed by atoms with Crippen LogP contribution in [-0.2, 0) is 0 Å². The Hall–Kier alpha value is -2.16. The number of nitrogens with one attached hydrogen (secondary N) is 1. The Morgan fingerprint density at radius 2 is 1.62 bits per heavy atom. The van der Waals surface area contributed by atoms with E-state index in [1.54, 1.807) is 6.07 Å². The van der Waals surface area contributed by atoms with Crippen LogP contribution in [0.25, 0.3) is 0 Å². The van der Waals surface area contributed by atoms with Crippen molar-refractivity contribution in [2.45, 2.75) is 6.92 Å². The number of hydrogen-bond acceptors (Lipinski definition) is 3. The van der Waals surface area contributed by atoms with Crippen molar-refractivity contribution in [3.05, 3.63) is 48.0 Å². The summed E-state index contributed by atoms with van der Waals surface area (Å²) in [5.74, 6) is 0. The lowest BCUT2D eigenvalue weighted by atomic mass is 10.2. The van der Waals surface area contributed by atoms with Crippen molar-refractivity contribution in [2.24, 2.45) is 0 Å². The normalized spacial score (nSPS) is 10.1. The van der Waals surface area contributed by atoms with Crippen molar-refractivity contribution in [3.8, 4) is 0 Å². The van der Waals surface area contributed by atoms with E-state index in [1.807, 2.05) is 24.3 Å². The molecule has 3 nitrogen and oxygen atoms in total. The minimum Gasteiger partial charge on any atom is -0.399 e. The molecule has 0 aliphatic heterocycles. The molecule has 2 rings (SSSR count). The van der Waals surface area contributed by atoms with Gasteiger partial charge in [-0.15, -0.1) is 0 Å². The fourth-order valence-corrected chi connectivity index (χ4v) is 1.49. The Morgan fingerprint density at radius 3 is 2.25 bits per heavy atom. The molecule has 0 saturated carbocycles. The van der Waals surface area contributed by atoms with E-state index < -0.39 is 0 Å². The van der Waals surface area contributed by atoms with E-state index in [1.165, 1.54) is 5.56 Å². The Kier molecular flexibility index (Phi) is 2.68. The zero-order valence-corrected chi connectivity index (χ0v) is 9.20. The monoisotopic (exact) mass is 213 g/mol. The minimum atomic E-state index is 0.653. The molecule has 5 N–H and O–H groups in total. The molecule has 0 fully saturated rings. The van der Waals surface area contributed by atoms with Crippen LogP contribution < -0.4 is 16.8 Å². The molecule has 0 aliphatic rings. The average molecular weight is 213 g/mol. The highest BCUT2D eigenvalue weighted by Gasteiger charge is 1.99. The van der Waals surface area contributed by atoms with Gasteiger partial charge in [0.1, 0.15) is 0 Å². The topological polar surface area (TPSA) is 64.1 Å². The first-order valence-corrected chi connectivity index (χ1v) is 5.14. The lowest BCUT2D eigenvalue weighted by Gasteiger charge is -2.10. The van der Waals surface area contributed by atoms with Crippen LogP contribution in [-0.4, -0.2) is 0 Å². The molecule has 2 aromatic rings. The predicted molar refractivity (Wildman–Crippen MR) is 69.7 cm³/mol. The van der Waals surface area contributed by atoms with Crippen LogP contribution in [0.1, 0.15) is 5.56 Å². The van der Waals surface area contributed by atoms with Crippen LogP contribution in [0.4, 0.5) is 22.7 Å². The van der Waals surface area contributed by atoms with Crippen molar-refractivity contribution in [3.63, 3.8) is 0 Å². The summed E-state index contributed by atoms with van der Waals surface area (Å²) in [5.41, 5.74) is 15.9. The summed E-state index contributed by atoms with van der Waals surface area (Å²) in [6.07, 6.45) is 0. The number of nitrogens with two attached hydrogens (primary N) is 2. The van der Waals surface area contributed by atoms with Crippen LogP contribution in [0.15, 0.2) is 42.5 Å². The van der Waals surface area contributed by atoms with Gasteiger partial charge in [0.05, 0.1) is 11.4 Å². The van der Waals surface area contributed by atoms with Gasteiger partial charge in [-0.2, -0.15) is 0 Å². The first-order chi connectivity index (χ1) is 7.65. The predicted octanol–water partition coefficient (Wildman–Crippen LogP) is 2.90. The van der Waals surface area contributed by atoms with Gasteiger partial charge in [0.25, 0.3) is 0 Å². The van der Waals surface area contributed by atoms with E-state index in [0.717, 1.165) is 11.4 Å². The number of rotatable bonds is 2. The minimum absolute atomic E-state index is 0.653. The Morgan fingerprint density at radius 1 is 0.938 bits per heavy atom. The highest BCUT2D eigenvalue weighted by molar-refractivity contribution is 5.75. The zero-order chi connectivity index (χ0) is 11.5. The molecule has 0 heterocycles. The van der Waals surface area contributed by atoms with E-state index in [0.29, 0.717) is 11.4 Å². The Bertz CT molecular complexity index is 489. The summed E-state index contributed by atoms with van der Waals surface area (Å²) < 4.78 is 0. The molecule has 0 unspecified atom stereocenters. The second-order valence-corrected chi connectivity index (χ2v) is 3.84. The quantitative estimate of drug-likeness (QED) is 0.672. The van der Waals surface area contributed by atoms with Crippen LogP contribution in [0.5, 0.6) is 0 Å². The largest absolute Gasteiger partial charge is 0.399 e.